The van der Waals surface area contributed by atoms with Gasteiger partial charge in [-0.2, -0.15) is 0 Å². The van der Waals surface area contributed by atoms with Crippen LogP contribution in [0.4, 0.5) is 0 Å². The fourth-order valence-electron chi connectivity index (χ4n) is 1.88. The molecule has 0 amide bonds. The molecular formula is C13H18N2. The van der Waals surface area contributed by atoms with Crippen LogP contribution < -0.4 is 5.73 Å². The Labute approximate surface area is 90.5 Å². The Morgan fingerprint density at radius 1 is 1.33 bits per heavy atom. The van der Waals surface area contributed by atoms with Crippen LogP contribution >= 0.6 is 0 Å². The van der Waals surface area contributed by atoms with E-state index < -0.39 is 0 Å². The lowest BCUT2D eigenvalue weighted by Crippen LogP contribution is -2.13. The maximum atomic E-state index is 5.62. The van der Waals surface area contributed by atoms with Gasteiger partial charge in [0.15, 0.2) is 0 Å². The molecule has 2 rings (SSSR count). The van der Waals surface area contributed by atoms with Crippen LogP contribution in [0.2, 0.25) is 0 Å². The van der Waals surface area contributed by atoms with E-state index in [-0.39, 0.29) is 0 Å². The van der Waals surface area contributed by atoms with Gasteiger partial charge in [-0.15, -0.1) is 0 Å². The number of rotatable bonds is 3. The van der Waals surface area contributed by atoms with Gasteiger partial charge in [0.05, 0.1) is 0 Å². The summed E-state index contributed by atoms with van der Waals surface area (Å²) in [5, 5.41) is 1.30. The molecule has 0 saturated heterocycles. The monoisotopic (exact) mass is 202 g/mol. The van der Waals surface area contributed by atoms with E-state index in [9.17, 15) is 0 Å². The molecule has 2 nitrogen and oxygen atoms in total. The molecule has 80 valence electrons. The fraction of sp³-hybridized carbons (Fsp3) is 0.385. The van der Waals surface area contributed by atoms with Crippen molar-refractivity contribution in [1.29, 1.82) is 0 Å². The molecule has 1 aromatic heterocycles. The molecule has 0 saturated carbocycles. The number of hydrogen-bond donors (Lipinski definition) is 2. The summed E-state index contributed by atoms with van der Waals surface area (Å²) in [6.07, 6.45) is 1.03. The number of aromatic nitrogens is 1. The van der Waals surface area contributed by atoms with Crippen LogP contribution in [0.3, 0.4) is 0 Å². The van der Waals surface area contributed by atoms with Crippen molar-refractivity contribution in [3.63, 3.8) is 0 Å². The normalized spacial score (nSPS) is 13.3. The first kappa shape index (κ1) is 10.2. The lowest BCUT2D eigenvalue weighted by Gasteiger charge is -2.04. The Balaban J connectivity index is 2.30. The van der Waals surface area contributed by atoms with Crippen molar-refractivity contribution < 1.29 is 0 Å². The van der Waals surface area contributed by atoms with Crippen LogP contribution in [0, 0.1) is 12.8 Å². The van der Waals surface area contributed by atoms with Crippen molar-refractivity contribution in [1.82, 2.24) is 4.98 Å². The fourth-order valence-corrected chi connectivity index (χ4v) is 1.88. The summed E-state index contributed by atoms with van der Waals surface area (Å²) >= 11 is 0. The number of benzene rings is 1. The third-order valence-electron chi connectivity index (χ3n) is 2.80. The smallest absolute Gasteiger partial charge is 0.0456 e. The van der Waals surface area contributed by atoms with Crippen molar-refractivity contribution in [2.75, 3.05) is 6.54 Å². The predicted molar refractivity (Wildman–Crippen MR) is 65.0 cm³/mol. The number of hydrogen-bond acceptors (Lipinski definition) is 1. The summed E-state index contributed by atoms with van der Waals surface area (Å²) in [6, 6.07) is 8.72. The summed E-state index contributed by atoms with van der Waals surface area (Å²) in [5.74, 6) is 0.541. The van der Waals surface area contributed by atoms with Gasteiger partial charge < -0.3 is 10.7 Å². The van der Waals surface area contributed by atoms with E-state index in [0.717, 1.165) is 13.0 Å². The first-order valence-corrected chi connectivity index (χ1v) is 5.47. The highest BCUT2D eigenvalue weighted by molar-refractivity contribution is 5.81. The van der Waals surface area contributed by atoms with Gasteiger partial charge in [0, 0.05) is 11.2 Å². The highest BCUT2D eigenvalue weighted by Gasteiger charge is 2.04. The van der Waals surface area contributed by atoms with Gasteiger partial charge in [-0.05, 0) is 49.4 Å². The van der Waals surface area contributed by atoms with E-state index in [4.69, 9.17) is 5.73 Å². The quantitative estimate of drug-likeness (QED) is 0.789. The van der Waals surface area contributed by atoms with Gasteiger partial charge in [0.2, 0.25) is 0 Å². The van der Waals surface area contributed by atoms with Gasteiger partial charge in [0.25, 0.3) is 0 Å². The second-order valence-electron chi connectivity index (χ2n) is 4.43. The van der Waals surface area contributed by atoms with Crippen molar-refractivity contribution >= 4 is 10.9 Å². The minimum absolute atomic E-state index is 0.541. The van der Waals surface area contributed by atoms with Gasteiger partial charge in [0.1, 0.15) is 0 Å². The molecule has 3 N–H and O–H groups in total. The van der Waals surface area contributed by atoms with Crippen molar-refractivity contribution in [2.24, 2.45) is 11.7 Å². The molecule has 0 bridgehead atoms. The average Bonchev–Trinajstić information content (AvgIpc) is 2.59. The maximum Gasteiger partial charge on any atom is 0.0456 e. The van der Waals surface area contributed by atoms with E-state index in [2.05, 4.69) is 43.1 Å². The SMILES string of the molecule is Cc1ccc2[nH]c(CC(C)CN)cc2c1. The van der Waals surface area contributed by atoms with Crippen LogP contribution in [0.15, 0.2) is 24.3 Å². The molecular weight excluding hydrogens is 184 g/mol. The Morgan fingerprint density at radius 2 is 2.13 bits per heavy atom. The standard InChI is InChI=1S/C13H18N2/c1-9-3-4-13-11(5-9)7-12(15-13)6-10(2)8-14/h3-5,7,10,15H,6,8,14H2,1-2H3. The molecule has 1 aromatic carbocycles. The third-order valence-corrected chi connectivity index (χ3v) is 2.80. The molecule has 2 aromatic rings. The Bertz CT molecular complexity index is 457. The largest absolute Gasteiger partial charge is 0.358 e. The molecule has 1 unspecified atom stereocenters. The molecule has 0 aliphatic carbocycles. The number of aryl methyl sites for hydroxylation is 1. The zero-order valence-corrected chi connectivity index (χ0v) is 9.38. The first-order chi connectivity index (χ1) is 7.19. The molecule has 0 aliphatic rings. The van der Waals surface area contributed by atoms with Crippen molar-refractivity contribution in [2.45, 2.75) is 20.3 Å². The van der Waals surface area contributed by atoms with E-state index in [1.807, 2.05) is 0 Å². The summed E-state index contributed by atoms with van der Waals surface area (Å²) in [4.78, 5) is 3.43. The van der Waals surface area contributed by atoms with E-state index in [0.29, 0.717) is 5.92 Å². The number of aromatic amines is 1. The van der Waals surface area contributed by atoms with Gasteiger partial charge in [-0.3, -0.25) is 0 Å². The van der Waals surface area contributed by atoms with Crippen LogP contribution in [0.5, 0.6) is 0 Å². The summed E-state index contributed by atoms with van der Waals surface area (Å²) in [6.45, 7) is 5.04. The van der Waals surface area contributed by atoms with E-state index >= 15 is 0 Å². The Morgan fingerprint density at radius 3 is 2.87 bits per heavy atom. The van der Waals surface area contributed by atoms with Crippen LogP contribution in [0.25, 0.3) is 10.9 Å². The molecule has 1 heterocycles. The summed E-state index contributed by atoms with van der Waals surface area (Å²) < 4.78 is 0. The molecule has 0 spiro atoms. The number of nitrogens with one attached hydrogen (secondary N) is 1. The minimum atomic E-state index is 0.541. The molecule has 2 heteroatoms. The Hall–Kier alpha value is -1.28. The summed E-state index contributed by atoms with van der Waals surface area (Å²) in [7, 11) is 0. The van der Waals surface area contributed by atoms with Gasteiger partial charge in [-0.1, -0.05) is 18.6 Å². The topological polar surface area (TPSA) is 41.8 Å². The lowest BCUT2D eigenvalue weighted by atomic mass is 10.1. The molecule has 0 radical (unpaired) electrons. The molecule has 15 heavy (non-hydrogen) atoms. The highest BCUT2D eigenvalue weighted by Crippen LogP contribution is 2.18. The first-order valence-electron chi connectivity index (χ1n) is 5.47. The molecule has 0 aliphatic heterocycles. The zero-order chi connectivity index (χ0) is 10.8. The average molecular weight is 202 g/mol. The van der Waals surface area contributed by atoms with Crippen LogP contribution in [0.1, 0.15) is 18.2 Å². The zero-order valence-electron chi connectivity index (χ0n) is 9.38. The minimum Gasteiger partial charge on any atom is -0.358 e. The van der Waals surface area contributed by atoms with Gasteiger partial charge >= 0.3 is 0 Å². The lowest BCUT2D eigenvalue weighted by molar-refractivity contribution is 0.586. The third kappa shape index (κ3) is 2.21. The van der Waals surface area contributed by atoms with E-state index in [1.54, 1.807) is 0 Å². The van der Waals surface area contributed by atoms with E-state index in [1.165, 1.54) is 22.2 Å². The second-order valence-corrected chi connectivity index (χ2v) is 4.43. The highest BCUT2D eigenvalue weighted by atomic mass is 14.7. The van der Waals surface area contributed by atoms with Gasteiger partial charge in [-0.25, -0.2) is 0 Å². The number of fused-ring (bicyclic) bond motifs is 1. The second kappa shape index (κ2) is 4.07. The van der Waals surface area contributed by atoms with Crippen molar-refractivity contribution in [3.8, 4) is 0 Å². The van der Waals surface area contributed by atoms with Crippen LogP contribution in [-0.2, 0) is 6.42 Å². The Kier molecular flexibility index (Phi) is 2.78. The van der Waals surface area contributed by atoms with Crippen molar-refractivity contribution in [3.05, 3.63) is 35.5 Å². The number of H-pyrrole nitrogens is 1. The summed E-state index contributed by atoms with van der Waals surface area (Å²) in [5.41, 5.74) is 9.44. The predicted octanol–water partition coefficient (Wildman–Crippen LogP) is 2.61. The van der Waals surface area contributed by atoms with Crippen LogP contribution in [-0.4, -0.2) is 11.5 Å². The maximum absolute atomic E-state index is 5.62. The number of nitrogens with two attached hydrogens (primary N) is 1. The molecule has 1 atom stereocenters. The molecule has 0 fully saturated rings.